The smallest absolute Gasteiger partial charge is 0.497 e. The van der Waals surface area contributed by atoms with Gasteiger partial charge in [0.1, 0.15) is 46.4 Å². The van der Waals surface area contributed by atoms with Gasteiger partial charge in [0.2, 0.25) is 5.91 Å². The number of β-amino-alcohol motifs (C(OH)–C–C–N with tert-alkyl or cyclic N) is 1. The van der Waals surface area contributed by atoms with Crippen molar-refractivity contribution in [3.05, 3.63) is 224 Å². The van der Waals surface area contributed by atoms with Crippen molar-refractivity contribution < 1.29 is 103 Å². The first kappa shape index (κ1) is 88.4. The average Bonchev–Trinajstić information content (AvgIpc) is 1.30. The van der Waals surface area contributed by atoms with Crippen molar-refractivity contribution in [1.82, 2.24) is 9.80 Å². The third-order valence-corrected chi connectivity index (χ3v) is 21.7. The maximum Gasteiger partial charge on any atom is 0.534 e. The van der Waals surface area contributed by atoms with E-state index in [1.54, 1.807) is 54.8 Å². The van der Waals surface area contributed by atoms with Gasteiger partial charge >= 0.3 is 33.5 Å². The van der Waals surface area contributed by atoms with E-state index in [0.29, 0.717) is 48.3 Å². The van der Waals surface area contributed by atoms with Gasteiger partial charge in [0.25, 0.3) is 0 Å². The van der Waals surface area contributed by atoms with Crippen molar-refractivity contribution in [2.24, 2.45) is 0 Å². The van der Waals surface area contributed by atoms with E-state index in [1.165, 1.54) is 50.2 Å². The second-order valence-electron chi connectivity index (χ2n) is 27.7. The molecule has 0 spiro atoms. The summed E-state index contributed by atoms with van der Waals surface area (Å²) in [7, 11) is 10.3. The van der Waals surface area contributed by atoms with Crippen LogP contribution in [0.3, 0.4) is 0 Å². The third kappa shape index (κ3) is 23.5. The first-order chi connectivity index (χ1) is 54.3. The van der Waals surface area contributed by atoms with Gasteiger partial charge in [0.15, 0.2) is 5.78 Å². The number of fused-ring (bicyclic) bond motifs is 6. The van der Waals surface area contributed by atoms with Crippen LogP contribution >= 0.6 is 0 Å². The molecule has 7 aromatic carbocycles. The predicted molar refractivity (Wildman–Crippen MR) is 424 cm³/mol. The number of carbonyl (C=O) groups excluding carboxylic acids is 4. The fraction of sp³-hybridized carbons (Fsp3) is 0.420. The van der Waals surface area contributed by atoms with Crippen LogP contribution in [0.5, 0.6) is 34.5 Å². The summed E-state index contributed by atoms with van der Waals surface area (Å²) in [6.07, 6.45) is 17.5. The van der Waals surface area contributed by atoms with Gasteiger partial charge in [-0.25, -0.2) is 4.79 Å². The number of alkyl halides is 3. The number of hydrogen-bond acceptors (Lipinski definition) is 19. The number of Topliss-reactive ketones (excluding diaryl/α,β-unsaturated/α-hetero) is 1. The summed E-state index contributed by atoms with van der Waals surface area (Å²) in [6.45, 7) is 4.15. The van der Waals surface area contributed by atoms with E-state index >= 15 is 0 Å². The fourth-order valence-electron chi connectivity index (χ4n) is 14.8. The number of carboxylic acid groups (broad SMARTS) is 1. The number of likely N-dealkylation sites (N-methyl/N-ethyl adjacent to an activating group) is 1. The number of esters is 2. The molecule has 2 N–H and O–H groups in total. The van der Waals surface area contributed by atoms with Crippen molar-refractivity contribution >= 4 is 51.0 Å². The molecule has 0 bridgehead atoms. The van der Waals surface area contributed by atoms with Gasteiger partial charge in [-0.15, -0.1) is 0 Å². The molecule has 1 heterocycles. The van der Waals surface area contributed by atoms with E-state index < -0.39 is 21.6 Å². The molecule has 5 atom stereocenters. The molecular weight excluding hydrogens is 1480 g/mol. The van der Waals surface area contributed by atoms with Crippen LogP contribution in [0.4, 0.5) is 13.2 Å². The second-order valence-corrected chi connectivity index (χ2v) is 29.3. The summed E-state index contributed by atoms with van der Waals surface area (Å²) in [5.74, 6) is 2.55. The van der Waals surface area contributed by atoms with Gasteiger partial charge in [-0.3, -0.25) is 24.1 Å². The number of allylic oxidation sites excluding steroid dienone is 2. The fourth-order valence-corrected chi connectivity index (χ4v) is 15.3. The molecule has 1 fully saturated rings. The van der Waals surface area contributed by atoms with Crippen LogP contribution in [0.25, 0.3) is 11.3 Å². The number of aliphatic hydroxyl groups is 1. The van der Waals surface area contributed by atoms with Crippen LogP contribution in [-0.2, 0) is 86.2 Å². The van der Waals surface area contributed by atoms with Crippen LogP contribution in [0.2, 0.25) is 0 Å². The highest BCUT2D eigenvalue weighted by molar-refractivity contribution is 7.87. The van der Waals surface area contributed by atoms with Crippen LogP contribution in [-0.4, -0.2) is 160 Å². The molecule has 1 amide bonds. The quantitative estimate of drug-likeness (QED) is 0.0517. The Bertz CT molecular complexity index is 4560. The van der Waals surface area contributed by atoms with E-state index in [9.17, 15) is 50.7 Å². The maximum absolute atomic E-state index is 13.7. The van der Waals surface area contributed by atoms with Gasteiger partial charge in [-0.05, 0) is 250 Å². The van der Waals surface area contributed by atoms with Crippen LogP contribution in [0, 0.1) is 0 Å². The van der Waals surface area contributed by atoms with Gasteiger partial charge in [0, 0.05) is 51.4 Å². The lowest BCUT2D eigenvalue weighted by molar-refractivity contribution is -0.143. The summed E-state index contributed by atoms with van der Waals surface area (Å²) in [5.41, 5.74) is 8.11. The van der Waals surface area contributed by atoms with Crippen LogP contribution in [0.15, 0.2) is 152 Å². The Balaban J connectivity index is 0.000000172. The number of carbonyl (C=O) groups is 5. The highest BCUT2D eigenvalue weighted by atomic mass is 32.2. The summed E-state index contributed by atoms with van der Waals surface area (Å²) in [5, 5.41) is 19.2. The third-order valence-electron chi connectivity index (χ3n) is 20.8. The molecule has 6 aliphatic carbocycles. The molecule has 1 aliphatic heterocycles. The number of methoxy groups -OCH3 is 9. The first-order valence-electron chi connectivity index (χ1n) is 37.9. The van der Waals surface area contributed by atoms with Crippen LogP contribution < -0.4 is 28.4 Å². The molecule has 0 aromatic heterocycles. The molecule has 0 radical (unpaired) electrons. The molecule has 113 heavy (non-hydrogen) atoms. The van der Waals surface area contributed by atoms with Crippen molar-refractivity contribution in [3.8, 4) is 34.5 Å². The number of ether oxygens (including phenoxy) is 9. The molecule has 3 unspecified atom stereocenters. The zero-order chi connectivity index (χ0) is 81.9. The SMILES string of the molecule is CCOC.COC(=O)C1=CCCc2ccc(OC)cc21.COC(=O)C1CCCc2ccc(OC)cc21.COc1ccc2c(c1)C(=O)CCC2.COc1ccc2c(c1)C(C(=O)N(C)[C@@H](c1ccccc1)N1CC[C@H](O)C1)CCC2.COc1ccc2c(c1)C(C(=O)O)CCC2.COc1ccc2c(c1)C(OS(=O)(=O)C(F)(F)F)=CCC2. The first-order valence-corrected chi connectivity index (χ1v) is 39.3. The van der Waals surface area contributed by atoms with Crippen molar-refractivity contribution in [3.63, 3.8) is 0 Å². The molecule has 7 aromatic rings. The van der Waals surface area contributed by atoms with Gasteiger partial charge < -0.3 is 61.9 Å². The maximum atomic E-state index is 13.7. The van der Waals surface area contributed by atoms with Gasteiger partial charge in [-0.1, -0.05) is 72.8 Å². The minimum absolute atomic E-state index is 0.121. The summed E-state index contributed by atoms with van der Waals surface area (Å²) in [6, 6.07) is 44.2. The Morgan fingerprint density at radius 3 is 1.41 bits per heavy atom. The topological polar surface area (TPSA) is 259 Å². The highest BCUT2D eigenvalue weighted by Crippen LogP contribution is 2.41. The Morgan fingerprint density at radius 2 is 0.947 bits per heavy atom. The molecule has 25 heteroatoms. The Kier molecular flexibility index (Phi) is 33.3. The molecule has 7 aliphatic rings. The number of ketones is 1. The number of likely N-dealkylation sites (tertiary alicyclic amines) is 1. The normalized spacial score (nSPS) is 17.7. The highest BCUT2D eigenvalue weighted by Gasteiger charge is 2.49. The van der Waals surface area contributed by atoms with E-state index in [-0.39, 0.29) is 59.4 Å². The number of aryl methyl sites for hydroxylation is 6. The van der Waals surface area contributed by atoms with Gasteiger partial charge in [0.05, 0.1) is 86.3 Å². The number of hydrogen-bond donors (Lipinski definition) is 2. The lowest BCUT2D eigenvalue weighted by Gasteiger charge is -2.38. The Labute approximate surface area is 661 Å². The molecule has 1 saturated heterocycles. The zero-order valence-electron chi connectivity index (χ0n) is 66.2. The summed E-state index contributed by atoms with van der Waals surface area (Å²) >= 11 is 0. The minimum atomic E-state index is -5.67. The van der Waals surface area contributed by atoms with E-state index in [1.807, 2.05) is 128 Å². The standard InChI is InChI=1S/C24H30N2O3.C13H16O3.C13H14O3.C12H11F3O4S.C12H14O3.C11H12O2.C3H8O/c1-25(23(18-7-4-3-5-8-18)26-14-13-19(27)16-26)24(28)21-10-6-9-17-11-12-20(29-2)15-22(17)21;2*1-15-10-7-6-9-4-3-5-11(12(9)8-10)13(14)16-2;1-18-9-6-5-8-3-2-4-11(10(8)7-9)19-20(16,17)12(13,14)15;1-15-9-6-5-8-3-2-4-10(12(13)14)11(8)7-9;1-13-9-6-5-8-3-2-4-11(12)10(8)7-9;1-3-4-2/h3-5,7-8,11-12,15,19,21,23,27H,6,9-10,13-14,16H2,1-2H3;6-8,11H,3-5H2,1-2H3;5-8H,3-4H2,1-2H3;4-7H,2-3H2,1H3;5-7,10H,2-4H2,1H3,(H,13,14);5-7H,2-4H2,1H3;3H2,1-2H3/t19-,21?,23+;;;;;;/m0....../s1. The molecular formula is C88H105F3N2O19S. The summed E-state index contributed by atoms with van der Waals surface area (Å²) < 4.78 is 108. The summed E-state index contributed by atoms with van der Waals surface area (Å²) in [4.78, 5) is 63.6. The number of aliphatic carboxylic acids is 1. The number of benzene rings is 7. The van der Waals surface area contributed by atoms with E-state index in [4.69, 9.17) is 43.0 Å². The number of rotatable bonds is 16. The van der Waals surface area contributed by atoms with Crippen molar-refractivity contribution in [2.75, 3.05) is 90.7 Å². The number of nitrogens with zero attached hydrogens (tertiary/aromatic N) is 2. The lowest BCUT2D eigenvalue weighted by atomic mass is 9.81. The number of amides is 1. The predicted octanol–water partition coefficient (Wildman–Crippen LogP) is 15.7. The average molecular weight is 1580 g/mol. The molecule has 608 valence electrons. The van der Waals surface area contributed by atoms with E-state index in [2.05, 4.69) is 32.0 Å². The van der Waals surface area contributed by atoms with Crippen molar-refractivity contribution in [1.29, 1.82) is 0 Å². The monoisotopic (exact) mass is 1580 g/mol. The molecule has 0 saturated carbocycles. The molecule has 21 nitrogen and oxygen atoms in total. The van der Waals surface area contributed by atoms with Crippen molar-refractivity contribution in [2.45, 2.75) is 152 Å². The van der Waals surface area contributed by atoms with E-state index in [0.717, 1.165) is 176 Å². The Morgan fingerprint density at radius 1 is 0.522 bits per heavy atom. The largest absolute Gasteiger partial charge is 0.534 e. The molecule has 14 rings (SSSR count). The second kappa shape index (κ2) is 42.6. The number of aliphatic hydroxyl groups excluding tert-OH is 1. The minimum Gasteiger partial charge on any atom is -0.497 e. The zero-order valence-corrected chi connectivity index (χ0v) is 67.1. The van der Waals surface area contributed by atoms with Crippen LogP contribution in [0.1, 0.15) is 179 Å². The lowest BCUT2D eigenvalue weighted by Crippen LogP contribution is -2.44. The number of carboxylic acids is 1. The Hall–Kier alpha value is -10.2. The van der Waals surface area contributed by atoms with Gasteiger partial charge in [-0.2, -0.15) is 21.6 Å². The number of halogens is 3.